The first kappa shape index (κ1) is 15.5. The Bertz CT molecular complexity index is 1060. The number of hydrogen-bond acceptors (Lipinski definition) is 5. The van der Waals surface area contributed by atoms with E-state index in [0.717, 1.165) is 42.5 Å². The summed E-state index contributed by atoms with van der Waals surface area (Å²) >= 11 is 1.78. The summed E-state index contributed by atoms with van der Waals surface area (Å²) in [6, 6.07) is 13.7. The van der Waals surface area contributed by atoms with Crippen LogP contribution in [0.2, 0.25) is 0 Å². The fourth-order valence-electron chi connectivity index (χ4n) is 3.55. The molecule has 0 spiro atoms. The molecule has 6 nitrogen and oxygen atoms in total. The molecule has 5 rings (SSSR count). The summed E-state index contributed by atoms with van der Waals surface area (Å²) in [5, 5.41) is 11.9. The van der Waals surface area contributed by atoms with Crippen molar-refractivity contribution in [2.45, 2.75) is 18.8 Å². The van der Waals surface area contributed by atoms with Gasteiger partial charge in [0.05, 0.1) is 15.2 Å². The predicted octanol–water partition coefficient (Wildman–Crippen LogP) is 3.59. The molecule has 130 valence electrons. The van der Waals surface area contributed by atoms with Crippen LogP contribution in [0.15, 0.2) is 42.5 Å². The molecule has 7 heteroatoms. The normalized spacial score (nSPS) is 15.8. The molecule has 26 heavy (non-hydrogen) atoms. The quantitative estimate of drug-likeness (QED) is 0.591. The molecule has 2 aromatic carbocycles. The van der Waals surface area contributed by atoms with E-state index in [1.54, 1.807) is 17.4 Å². The summed E-state index contributed by atoms with van der Waals surface area (Å²) < 4.78 is 1.24. The zero-order valence-corrected chi connectivity index (χ0v) is 14.9. The zero-order chi connectivity index (χ0) is 17.5. The molecule has 0 bridgehead atoms. The number of nitrogens with zero attached hydrogens (tertiary/aromatic N) is 4. The number of H-pyrrole nitrogens is 1. The number of hydrogen-bond donors (Lipinski definition) is 1. The van der Waals surface area contributed by atoms with Gasteiger partial charge in [-0.15, -0.1) is 11.3 Å². The smallest absolute Gasteiger partial charge is 0.253 e. The minimum Gasteiger partial charge on any atom is -0.339 e. The molecular formula is C19H17N5OS. The van der Waals surface area contributed by atoms with Gasteiger partial charge < -0.3 is 4.90 Å². The Balaban J connectivity index is 1.30. The SMILES string of the molecule is O=C(c1ccc2n[nH]nc2c1)N1CCC(c2nc3ccccc3s2)CC1. The van der Waals surface area contributed by atoms with Gasteiger partial charge in [0.1, 0.15) is 11.0 Å². The van der Waals surface area contributed by atoms with Crippen molar-refractivity contribution >= 4 is 38.5 Å². The van der Waals surface area contributed by atoms with Gasteiger partial charge in [0.2, 0.25) is 0 Å². The Kier molecular flexibility index (Phi) is 3.67. The lowest BCUT2D eigenvalue weighted by atomic mass is 9.97. The van der Waals surface area contributed by atoms with Crippen LogP contribution in [0, 0.1) is 0 Å². The molecule has 4 aromatic rings. The summed E-state index contributed by atoms with van der Waals surface area (Å²) in [6.45, 7) is 1.52. The molecule has 1 amide bonds. The minimum atomic E-state index is 0.0673. The molecule has 0 atom stereocenters. The summed E-state index contributed by atoms with van der Waals surface area (Å²) in [5.41, 5.74) is 3.24. The van der Waals surface area contributed by atoms with Gasteiger partial charge in [-0.05, 0) is 43.2 Å². The number of rotatable bonds is 2. The van der Waals surface area contributed by atoms with E-state index in [1.165, 1.54) is 9.71 Å². The molecule has 1 fully saturated rings. The summed E-state index contributed by atoms with van der Waals surface area (Å²) in [6.07, 6.45) is 1.91. The maximum atomic E-state index is 12.8. The number of benzene rings is 2. The average Bonchev–Trinajstić information content (AvgIpc) is 3.33. The number of fused-ring (bicyclic) bond motifs is 2. The van der Waals surface area contributed by atoms with Gasteiger partial charge >= 0.3 is 0 Å². The fraction of sp³-hybridized carbons (Fsp3) is 0.263. The van der Waals surface area contributed by atoms with Crippen LogP contribution >= 0.6 is 11.3 Å². The Hall–Kier alpha value is -2.80. The van der Waals surface area contributed by atoms with Crippen LogP contribution in [0.25, 0.3) is 21.3 Å². The molecule has 1 N–H and O–H groups in total. The molecule has 2 aromatic heterocycles. The minimum absolute atomic E-state index is 0.0673. The van der Waals surface area contributed by atoms with Gasteiger partial charge in [0.25, 0.3) is 5.91 Å². The molecule has 3 heterocycles. The van der Waals surface area contributed by atoms with Gasteiger partial charge in [-0.2, -0.15) is 15.4 Å². The number of likely N-dealkylation sites (tertiary alicyclic amines) is 1. The van der Waals surface area contributed by atoms with Crippen molar-refractivity contribution in [3.8, 4) is 0 Å². The lowest BCUT2D eigenvalue weighted by Gasteiger charge is -2.31. The van der Waals surface area contributed by atoms with Crippen molar-refractivity contribution in [2.24, 2.45) is 0 Å². The van der Waals surface area contributed by atoms with Gasteiger partial charge in [-0.3, -0.25) is 4.79 Å². The number of amides is 1. The highest BCUT2D eigenvalue weighted by atomic mass is 32.1. The van der Waals surface area contributed by atoms with E-state index in [2.05, 4.69) is 33.6 Å². The topological polar surface area (TPSA) is 74.8 Å². The van der Waals surface area contributed by atoms with Crippen molar-refractivity contribution in [1.29, 1.82) is 0 Å². The number of aromatic amines is 1. The lowest BCUT2D eigenvalue weighted by Crippen LogP contribution is -2.37. The van der Waals surface area contributed by atoms with Crippen LogP contribution in [0.1, 0.15) is 34.1 Å². The first-order valence-corrected chi connectivity index (χ1v) is 9.55. The Morgan fingerprint density at radius 1 is 1.04 bits per heavy atom. The molecular weight excluding hydrogens is 346 g/mol. The zero-order valence-electron chi connectivity index (χ0n) is 14.1. The molecule has 0 aliphatic carbocycles. The van der Waals surface area contributed by atoms with E-state index in [4.69, 9.17) is 4.98 Å². The lowest BCUT2D eigenvalue weighted by molar-refractivity contribution is 0.0713. The van der Waals surface area contributed by atoms with E-state index in [-0.39, 0.29) is 5.91 Å². The number of piperidine rings is 1. The third kappa shape index (κ3) is 2.64. The third-order valence-corrected chi connectivity index (χ3v) is 6.20. The molecule has 1 saturated heterocycles. The summed E-state index contributed by atoms with van der Waals surface area (Å²) in [7, 11) is 0. The Morgan fingerprint density at radius 2 is 1.85 bits per heavy atom. The van der Waals surface area contributed by atoms with Crippen molar-refractivity contribution in [1.82, 2.24) is 25.3 Å². The second kappa shape index (κ2) is 6.17. The van der Waals surface area contributed by atoms with Gasteiger partial charge in [0, 0.05) is 24.6 Å². The van der Waals surface area contributed by atoms with Crippen molar-refractivity contribution in [3.63, 3.8) is 0 Å². The van der Waals surface area contributed by atoms with Crippen molar-refractivity contribution in [3.05, 3.63) is 53.0 Å². The standard InChI is InChI=1S/C19H17N5OS/c25-19(13-5-6-14-16(11-13)22-23-21-14)24-9-7-12(8-10-24)18-20-15-3-1-2-4-17(15)26-18/h1-6,11-12H,7-10H2,(H,21,22,23). The van der Waals surface area contributed by atoms with E-state index in [9.17, 15) is 4.79 Å². The molecule has 0 unspecified atom stereocenters. The number of carbonyl (C=O) groups excluding carboxylic acids is 1. The first-order valence-electron chi connectivity index (χ1n) is 8.73. The molecule has 1 aliphatic heterocycles. The van der Waals surface area contributed by atoms with Crippen LogP contribution in [0.3, 0.4) is 0 Å². The van der Waals surface area contributed by atoms with Crippen molar-refractivity contribution in [2.75, 3.05) is 13.1 Å². The second-order valence-electron chi connectivity index (χ2n) is 6.61. The number of aromatic nitrogens is 4. The maximum absolute atomic E-state index is 12.8. The molecule has 0 radical (unpaired) electrons. The largest absolute Gasteiger partial charge is 0.339 e. The second-order valence-corrected chi connectivity index (χ2v) is 7.68. The highest BCUT2D eigenvalue weighted by Crippen LogP contribution is 2.34. The average molecular weight is 363 g/mol. The number of nitrogens with one attached hydrogen (secondary N) is 1. The van der Waals surface area contributed by atoms with Crippen LogP contribution in [0.4, 0.5) is 0 Å². The number of carbonyl (C=O) groups is 1. The predicted molar refractivity (Wildman–Crippen MR) is 101 cm³/mol. The van der Waals surface area contributed by atoms with Crippen LogP contribution in [0.5, 0.6) is 0 Å². The highest BCUT2D eigenvalue weighted by Gasteiger charge is 2.26. The van der Waals surface area contributed by atoms with E-state index in [1.807, 2.05) is 23.1 Å². The monoisotopic (exact) mass is 363 g/mol. The van der Waals surface area contributed by atoms with E-state index < -0.39 is 0 Å². The van der Waals surface area contributed by atoms with Gasteiger partial charge in [-0.25, -0.2) is 4.98 Å². The highest BCUT2D eigenvalue weighted by molar-refractivity contribution is 7.18. The molecule has 1 aliphatic rings. The summed E-state index contributed by atoms with van der Waals surface area (Å²) in [5.74, 6) is 0.507. The van der Waals surface area contributed by atoms with E-state index in [0.29, 0.717) is 11.5 Å². The van der Waals surface area contributed by atoms with Crippen molar-refractivity contribution < 1.29 is 4.79 Å². The first-order chi connectivity index (χ1) is 12.8. The van der Waals surface area contributed by atoms with Gasteiger partial charge in [0.15, 0.2) is 0 Å². The maximum Gasteiger partial charge on any atom is 0.253 e. The third-order valence-electron chi connectivity index (χ3n) is 5.01. The van der Waals surface area contributed by atoms with Gasteiger partial charge in [-0.1, -0.05) is 12.1 Å². The molecule has 0 saturated carbocycles. The number of para-hydroxylation sites is 1. The van der Waals surface area contributed by atoms with Crippen LogP contribution in [-0.4, -0.2) is 44.3 Å². The Morgan fingerprint density at radius 3 is 2.69 bits per heavy atom. The number of thiazole rings is 1. The van der Waals surface area contributed by atoms with Crippen LogP contribution in [-0.2, 0) is 0 Å². The van der Waals surface area contributed by atoms with Crippen LogP contribution < -0.4 is 0 Å². The summed E-state index contributed by atoms with van der Waals surface area (Å²) in [4.78, 5) is 19.5. The van der Waals surface area contributed by atoms with E-state index >= 15 is 0 Å². The Labute approximate surface area is 153 Å². The fourth-order valence-corrected chi connectivity index (χ4v) is 4.69.